The maximum Gasteiger partial charge on any atom is 0.339 e. The number of aryl methyl sites for hydroxylation is 2. The zero-order chi connectivity index (χ0) is 29.5. The Balaban J connectivity index is 1.36. The fourth-order valence-electron chi connectivity index (χ4n) is 5.08. The number of fused-ring (bicyclic) bond motifs is 1. The van der Waals surface area contributed by atoms with Crippen molar-refractivity contribution in [3.05, 3.63) is 125 Å². The van der Waals surface area contributed by atoms with Crippen molar-refractivity contribution >= 4 is 28.5 Å². The average molecular weight is 559 g/mol. The van der Waals surface area contributed by atoms with Gasteiger partial charge in [0.1, 0.15) is 12.4 Å². The molecule has 1 heterocycles. The predicted molar refractivity (Wildman–Crippen MR) is 167 cm³/mol. The van der Waals surface area contributed by atoms with E-state index in [0.29, 0.717) is 34.3 Å². The number of amides is 1. The SMILES string of the molecule is CCc1cccc(CC)c1NC(=O)COC(=O)c1c(C)c(-c2ccc(OCc3ccccc3)cc2)nc2ccccc12. The van der Waals surface area contributed by atoms with Gasteiger partial charge >= 0.3 is 5.97 Å². The van der Waals surface area contributed by atoms with Gasteiger partial charge in [-0.1, -0.05) is 80.6 Å². The molecule has 42 heavy (non-hydrogen) atoms. The normalized spacial score (nSPS) is 10.8. The van der Waals surface area contributed by atoms with Gasteiger partial charge in [0.05, 0.1) is 16.8 Å². The molecule has 0 saturated heterocycles. The Labute approximate surface area is 246 Å². The number of ether oxygens (including phenoxy) is 2. The van der Waals surface area contributed by atoms with Crippen molar-refractivity contribution in [3.63, 3.8) is 0 Å². The first-order valence-electron chi connectivity index (χ1n) is 14.2. The number of pyridine rings is 1. The summed E-state index contributed by atoms with van der Waals surface area (Å²) in [5.74, 6) is -0.200. The topological polar surface area (TPSA) is 77.5 Å². The zero-order valence-electron chi connectivity index (χ0n) is 24.1. The number of para-hydroxylation sites is 2. The highest BCUT2D eigenvalue weighted by molar-refractivity contribution is 6.07. The van der Waals surface area contributed by atoms with Gasteiger partial charge in [0.15, 0.2) is 6.61 Å². The van der Waals surface area contributed by atoms with Crippen molar-refractivity contribution < 1.29 is 19.1 Å². The quantitative estimate of drug-likeness (QED) is 0.178. The number of anilines is 1. The monoisotopic (exact) mass is 558 g/mol. The van der Waals surface area contributed by atoms with Crippen LogP contribution < -0.4 is 10.1 Å². The number of carbonyl (C=O) groups excluding carboxylic acids is 2. The summed E-state index contributed by atoms with van der Waals surface area (Å²) in [5, 5.41) is 3.64. The second kappa shape index (κ2) is 13.1. The van der Waals surface area contributed by atoms with Gasteiger partial charge in [0, 0.05) is 16.6 Å². The number of carbonyl (C=O) groups is 2. The van der Waals surface area contributed by atoms with E-state index in [0.717, 1.165) is 46.5 Å². The molecule has 0 radical (unpaired) electrons. The minimum Gasteiger partial charge on any atom is -0.489 e. The summed E-state index contributed by atoms with van der Waals surface area (Å²) in [6, 6.07) is 31.1. The molecule has 1 N–H and O–H groups in total. The lowest BCUT2D eigenvalue weighted by Gasteiger charge is -2.16. The number of esters is 1. The van der Waals surface area contributed by atoms with Crippen molar-refractivity contribution in [2.45, 2.75) is 40.2 Å². The van der Waals surface area contributed by atoms with E-state index in [2.05, 4.69) is 5.32 Å². The van der Waals surface area contributed by atoms with Crippen LogP contribution in [0.15, 0.2) is 97.1 Å². The largest absolute Gasteiger partial charge is 0.489 e. The van der Waals surface area contributed by atoms with E-state index in [9.17, 15) is 9.59 Å². The van der Waals surface area contributed by atoms with Crippen LogP contribution in [0.4, 0.5) is 5.69 Å². The average Bonchev–Trinajstić information content (AvgIpc) is 3.03. The van der Waals surface area contributed by atoms with Crippen molar-refractivity contribution in [1.82, 2.24) is 4.98 Å². The molecule has 0 aliphatic rings. The molecule has 5 aromatic rings. The van der Waals surface area contributed by atoms with Gasteiger partial charge < -0.3 is 14.8 Å². The smallest absolute Gasteiger partial charge is 0.339 e. The van der Waals surface area contributed by atoms with Gasteiger partial charge in [0.2, 0.25) is 0 Å². The van der Waals surface area contributed by atoms with E-state index >= 15 is 0 Å². The molecule has 0 aliphatic heterocycles. The molecular formula is C36H34N2O4. The van der Waals surface area contributed by atoms with Crippen LogP contribution in [0.5, 0.6) is 5.75 Å². The first kappa shape index (κ1) is 28.6. The third kappa shape index (κ3) is 6.33. The number of benzene rings is 4. The lowest BCUT2D eigenvalue weighted by atomic mass is 9.97. The fourth-order valence-corrected chi connectivity index (χ4v) is 5.08. The van der Waals surface area contributed by atoms with Crippen LogP contribution in [-0.4, -0.2) is 23.5 Å². The Morgan fingerprint density at radius 2 is 1.45 bits per heavy atom. The molecule has 1 amide bonds. The molecule has 6 heteroatoms. The Morgan fingerprint density at radius 3 is 2.14 bits per heavy atom. The molecule has 0 aliphatic carbocycles. The van der Waals surface area contributed by atoms with Crippen LogP contribution in [0, 0.1) is 6.92 Å². The van der Waals surface area contributed by atoms with Crippen LogP contribution in [0.2, 0.25) is 0 Å². The Kier molecular flexibility index (Phi) is 8.93. The van der Waals surface area contributed by atoms with Crippen LogP contribution in [0.3, 0.4) is 0 Å². The minimum atomic E-state index is -0.565. The molecule has 0 bridgehead atoms. The van der Waals surface area contributed by atoms with Gasteiger partial charge in [-0.3, -0.25) is 4.79 Å². The van der Waals surface area contributed by atoms with E-state index in [1.165, 1.54) is 0 Å². The number of hydrogen-bond donors (Lipinski definition) is 1. The van der Waals surface area contributed by atoms with Gasteiger partial charge in [-0.05, 0) is 72.4 Å². The van der Waals surface area contributed by atoms with Gasteiger partial charge in [-0.2, -0.15) is 0 Å². The third-order valence-corrected chi connectivity index (χ3v) is 7.31. The first-order chi connectivity index (χ1) is 20.5. The fraction of sp³-hybridized carbons (Fsp3) is 0.194. The maximum absolute atomic E-state index is 13.5. The molecule has 1 aromatic heterocycles. The Bertz CT molecular complexity index is 1690. The Hall–Kier alpha value is -4.97. The highest BCUT2D eigenvalue weighted by atomic mass is 16.5. The lowest BCUT2D eigenvalue weighted by Crippen LogP contribution is -2.23. The maximum atomic E-state index is 13.5. The highest BCUT2D eigenvalue weighted by Crippen LogP contribution is 2.31. The number of nitrogens with zero attached hydrogens (tertiary/aromatic N) is 1. The van der Waals surface area contributed by atoms with Crippen LogP contribution in [0.25, 0.3) is 22.2 Å². The highest BCUT2D eigenvalue weighted by Gasteiger charge is 2.21. The van der Waals surface area contributed by atoms with Crippen LogP contribution in [0.1, 0.15) is 46.5 Å². The summed E-state index contributed by atoms with van der Waals surface area (Å²) in [4.78, 5) is 31.2. The molecule has 212 valence electrons. The zero-order valence-corrected chi connectivity index (χ0v) is 24.1. The Morgan fingerprint density at radius 1 is 0.786 bits per heavy atom. The summed E-state index contributed by atoms with van der Waals surface area (Å²) < 4.78 is 11.5. The number of aromatic nitrogens is 1. The van der Waals surface area contributed by atoms with E-state index in [1.807, 2.05) is 118 Å². The number of hydrogen-bond acceptors (Lipinski definition) is 5. The van der Waals surface area contributed by atoms with Crippen LogP contribution in [-0.2, 0) is 29.0 Å². The molecule has 0 unspecified atom stereocenters. The number of nitrogens with one attached hydrogen (secondary N) is 1. The summed E-state index contributed by atoms with van der Waals surface area (Å²) in [6.07, 6.45) is 1.57. The molecule has 0 spiro atoms. The van der Waals surface area contributed by atoms with Crippen molar-refractivity contribution in [2.75, 3.05) is 11.9 Å². The molecule has 5 rings (SSSR count). The van der Waals surface area contributed by atoms with Gasteiger partial charge in [-0.15, -0.1) is 0 Å². The van der Waals surface area contributed by atoms with Crippen molar-refractivity contribution in [1.29, 1.82) is 0 Å². The van der Waals surface area contributed by atoms with Crippen molar-refractivity contribution in [2.24, 2.45) is 0 Å². The van der Waals surface area contributed by atoms with E-state index in [-0.39, 0.29) is 12.5 Å². The van der Waals surface area contributed by atoms with Crippen molar-refractivity contribution in [3.8, 4) is 17.0 Å². The van der Waals surface area contributed by atoms with E-state index in [4.69, 9.17) is 14.5 Å². The minimum absolute atomic E-state index is 0.374. The predicted octanol–water partition coefficient (Wildman–Crippen LogP) is 7.71. The summed E-state index contributed by atoms with van der Waals surface area (Å²) >= 11 is 0. The first-order valence-corrected chi connectivity index (χ1v) is 14.2. The summed E-state index contributed by atoms with van der Waals surface area (Å²) in [7, 11) is 0. The van der Waals surface area contributed by atoms with Gasteiger partial charge in [0.25, 0.3) is 5.91 Å². The van der Waals surface area contributed by atoms with Crippen LogP contribution >= 0.6 is 0 Å². The lowest BCUT2D eigenvalue weighted by molar-refractivity contribution is -0.119. The standard InChI is InChI=1S/C36H34N2O4/c1-4-26-14-11-15-27(5-2)35(26)38-32(39)23-42-36(40)33-24(3)34(37-31-17-10-9-16-30(31)33)28-18-20-29(21-19-28)41-22-25-12-7-6-8-13-25/h6-21H,4-5,22-23H2,1-3H3,(H,38,39). The third-order valence-electron chi connectivity index (χ3n) is 7.31. The molecule has 6 nitrogen and oxygen atoms in total. The van der Waals surface area contributed by atoms with E-state index < -0.39 is 5.97 Å². The second-order valence-electron chi connectivity index (χ2n) is 10.1. The molecule has 0 fully saturated rings. The number of rotatable bonds is 10. The summed E-state index contributed by atoms with van der Waals surface area (Å²) in [5.41, 5.74) is 7.25. The summed E-state index contributed by atoms with van der Waals surface area (Å²) in [6.45, 7) is 6.03. The molecular weight excluding hydrogens is 524 g/mol. The molecule has 0 atom stereocenters. The molecule has 4 aromatic carbocycles. The van der Waals surface area contributed by atoms with Gasteiger partial charge in [-0.25, -0.2) is 9.78 Å². The van der Waals surface area contributed by atoms with E-state index in [1.54, 1.807) is 0 Å². The molecule has 0 saturated carbocycles. The second-order valence-corrected chi connectivity index (χ2v) is 10.1.